The lowest BCUT2D eigenvalue weighted by Crippen LogP contribution is -2.46. The van der Waals surface area contributed by atoms with Gasteiger partial charge in [-0.15, -0.1) is 0 Å². The molecular weight excluding hydrogens is 366 g/mol. The van der Waals surface area contributed by atoms with Crippen molar-refractivity contribution < 1.29 is 14.3 Å². The van der Waals surface area contributed by atoms with E-state index in [1.54, 1.807) is 32.2 Å². The topological polar surface area (TPSA) is 93.5 Å². The van der Waals surface area contributed by atoms with E-state index in [4.69, 9.17) is 10.5 Å². The molecule has 0 aliphatic heterocycles. The van der Waals surface area contributed by atoms with Gasteiger partial charge in [0, 0.05) is 6.08 Å². The van der Waals surface area contributed by atoms with Crippen molar-refractivity contribution in [2.45, 2.75) is 32.4 Å². The predicted octanol–water partition coefficient (Wildman–Crippen LogP) is 2.90. The quantitative estimate of drug-likeness (QED) is 0.569. The van der Waals surface area contributed by atoms with E-state index < -0.39 is 6.04 Å². The predicted molar refractivity (Wildman–Crippen MR) is 116 cm³/mol. The van der Waals surface area contributed by atoms with Gasteiger partial charge >= 0.3 is 0 Å². The number of nitrogens with one attached hydrogen (secondary N) is 2. The normalized spacial score (nSPS) is 14.1. The number of hydrogen-bond donors (Lipinski definition) is 3. The summed E-state index contributed by atoms with van der Waals surface area (Å²) in [5.41, 5.74) is 7.44. The Hall–Kier alpha value is -3.12. The molecular formula is C23H29N3O3. The highest BCUT2D eigenvalue weighted by atomic mass is 16.5. The van der Waals surface area contributed by atoms with Gasteiger partial charge in [0.2, 0.25) is 11.8 Å². The van der Waals surface area contributed by atoms with Gasteiger partial charge in [0.1, 0.15) is 5.75 Å². The van der Waals surface area contributed by atoms with Crippen LogP contribution in [0.5, 0.6) is 5.75 Å². The Kier molecular flexibility index (Phi) is 8.43. The van der Waals surface area contributed by atoms with Gasteiger partial charge in [-0.3, -0.25) is 9.59 Å². The second-order valence-corrected chi connectivity index (χ2v) is 7.04. The van der Waals surface area contributed by atoms with Gasteiger partial charge in [-0.2, -0.15) is 0 Å². The van der Waals surface area contributed by atoms with Crippen molar-refractivity contribution in [3.05, 3.63) is 72.3 Å². The molecule has 0 aliphatic rings. The van der Waals surface area contributed by atoms with Crippen LogP contribution in [0.4, 0.5) is 5.69 Å². The third-order valence-corrected chi connectivity index (χ3v) is 4.56. The number of carbonyl (C=O) groups is 2. The second kappa shape index (κ2) is 11.0. The largest absolute Gasteiger partial charge is 0.495 e. The first kappa shape index (κ1) is 22.2. The summed E-state index contributed by atoms with van der Waals surface area (Å²) in [6.45, 7) is 3.66. The van der Waals surface area contributed by atoms with Crippen molar-refractivity contribution in [3.8, 4) is 5.75 Å². The van der Waals surface area contributed by atoms with E-state index >= 15 is 0 Å². The van der Waals surface area contributed by atoms with E-state index in [-0.39, 0.29) is 23.8 Å². The molecule has 0 radical (unpaired) electrons. The Labute approximate surface area is 172 Å². The number of hydrogen-bond acceptors (Lipinski definition) is 4. The molecule has 0 bridgehead atoms. The molecule has 6 heteroatoms. The molecule has 0 fully saturated rings. The number of benzene rings is 2. The Balaban J connectivity index is 2.10. The van der Waals surface area contributed by atoms with Crippen molar-refractivity contribution in [1.29, 1.82) is 0 Å². The zero-order valence-electron chi connectivity index (χ0n) is 17.1. The van der Waals surface area contributed by atoms with Crippen molar-refractivity contribution in [1.82, 2.24) is 5.32 Å². The molecule has 0 spiro atoms. The van der Waals surface area contributed by atoms with Crippen LogP contribution in [0, 0.1) is 5.92 Å². The lowest BCUT2D eigenvalue weighted by molar-refractivity contribution is -0.122. The number of nitrogens with two attached hydrogens (primary N) is 1. The molecule has 2 rings (SSSR count). The Morgan fingerprint density at radius 3 is 2.38 bits per heavy atom. The highest BCUT2D eigenvalue weighted by Gasteiger charge is 2.19. The maximum Gasteiger partial charge on any atom is 0.248 e. The van der Waals surface area contributed by atoms with E-state index in [0.29, 0.717) is 11.4 Å². The van der Waals surface area contributed by atoms with Crippen LogP contribution >= 0.6 is 0 Å². The zero-order chi connectivity index (χ0) is 21.2. The molecule has 2 aromatic carbocycles. The summed E-state index contributed by atoms with van der Waals surface area (Å²) in [5.74, 6) is 0.0788. The number of anilines is 1. The van der Waals surface area contributed by atoms with Crippen LogP contribution in [-0.4, -0.2) is 31.0 Å². The molecule has 0 aromatic heterocycles. The summed E-state index contributed by atoms with van der Waals surface area (Å²) >= 11 is 0. The van der Waals surface area contributed by atoms with Gasteiger partial charge in [-0.25, -0.2) is 0 Å². The summed E-state index contributed by atoms with van der Waals surface area (Å²) in [6, 6.07) is 16.2. The van der Waals surface area contributed by atoms with Crippen LogP contribution in [0.1, 0.15) is 19.4 Å². The first-order valence-corrected chi connectivity index (χ1v) is 9.62. The summed E-state index contributed by atoms with van der Waals surface area (Å²) < 4.78 is 5.25. The lowest BCUT2D eigenvalue weighted by atomic mass is 9.93. The van der Waals surface area contributed by atoms with E-state index in [1.807, 2.05) is 49.4 Å². The number of methoxy groups -OCH3 is 1. The molecule has 0 heterocycles. The lowest BCUT2D eigenvalue weighted by Gasteiger charge is -2.23. The molecule has 2 aromatic rings. The van der Waals surface area contributed by atoms with Crippen molar-refractivity contribution in [2.75, 3.05) is 12.4 Å². The molecule has 4 N–H and O–H groups in total. The minimum Gasteiger partial charge on any atom is -0.495 e. The molecule has 154 valence electrons. The van der Waals surface area contributed by atoms with Crippen LogP contribution in [0.15, 0.2) is 66.7 Å². The second-order valence-electron chi connectivity index (χ2n) is 7.04. The number of ether oxygens (including phenoxy) is 1. The molecule has 1 unspecified atom stereocenters. The van der Waals surface area contributed by atoms with E-state index in [0.717, 1.165) is 12.0 Å². The number of carbonyl (C=O) groups excluding carboxylic acids is 2. The number of rotatable bonds is 9. The fraction of sp³-hybridized carbons (Fsp3) is 0.304. The Morgan fingerprint density at radius 2 is 1.72 bits per heavy atom. The molecule has 0 aliphatic carbocycles. The average molecular weight is 396 g/mol. The standard InChI is InChI=1S/C23H29N3O3/c1-16(15-18-9-5-4-6-10-18)19(26-23(28)17(2)24)13-14-22(27)25-20-11-7-8-12-21(20)29-3/h4-14,16-17,19H,15,24H2,1-3H3,(H,25,27)(H,26,28)/b14-13+/t16?,17-,19+/m0/s1. The first-order chi connectivity index (χ1) is 13.9. The third kappa shape index (κ3) is 7.08. The smallest absolute Gasteiger partial charge is 0.248 e. The fourth-order valence-corrected chi connectivity index (χ4v) is 2.90. The van der Waals surface area contributed by atoms with Crippen LogP contribution in [0.3, 0.4) is 0 Å². The van der Waals surface area contributed by atoms with Gasteiger partial charge < -0.3 is 21.1 Å². The first-order valence-electron chi connectivity index (χ1n) is 9.62. The maximum atomic E-state index is 12.4. The van der Waals surface area contributed by atoms with Gasteiger partial charge in [-0.05, 0) is 37.0 Å². The van der Waals surface area contributed by atoms with E-state index in [1.165, 1.54) is 6.08 Å². The third-order valence-electron chi connectivity index (χ3n) is 4.56. The van der Waals surface area contributed by atoms with Gasteiger partial charge in [0.25, 0.3) is 0 Å². The van der Waals surface area contributed by atoms with E-state index in [9.17, 15) is 9.59 Å². The Morgan fingerprint density at radius 1 is 1.07 bits per heavy atom. The summed E-state index contributed by atoms with van der Waals surface area (Å²) in [7, 11) is 1.55. The number of amides is 2. The molecule has 3 atom stereocenters. The van der Waals surface area contributed by atoms with Crippen LogP contribution in [0.2, 0.25) is 0 Å². The van der Waals surface area contributed by atoms with Gasteiger partial charge in [-0.1, -0.05) is 55.5 Å². The minimum atomic E-state index is -0.628. The van der Waals surface area contributed by atoms with Crippen molar-refractivity contribution >= 4 is 17.5 Å². The molecule has 0 saturated carbocycles. The fourth-order valence-electron chi connectivity index (χ4n) is 2.90. The van der Waals surface area contributed by atoms with E-state index in [2.05, 4.69) is 10.6 Å². The molecule has 6 nitrogen and oxygen atoms in total. The summed E-state index contributed by atoms with van der Waals surface area (Å²) in [6.07, 6.45) is 3.89. The van der Waals surface area contributed by atoms with Gasteiger partial charge in [0.05, 0.1) is 24.9 Å². The SMILES string of the molecule is COc1ccccc1NC(=O)/C=C/[C@@H](NC(=O)[C@H](C)N)C(C)Cc1ccccc1. The monoisotopic (exact) mass is 395 g/mol. The zero-order valence-corrected chi connectivity index (χ0v) is 17.1. The molecule has 0 saturated heterocycles. The van der Waals surface area contributed by atoms with Crippen molar-refractivity contribution in [3.63, 3.8) is 0 Å². The summed E-state index contributed by atoms with van der Waals surface area (Å²) in [4.78, 5) is 24.5. The highest BCUT2D eigenvalue weighted by Crippen LogP contribution is 2.23. The molecule has 2 amide bonds. The maximum absolute atomic E-state index is 12.4. The highest BCUT2D eigenvalue weighted by molar-refractivity contribution is 6.00. The molecule has 29 heavy (non-hydrogen) atoms. The van der Waals surface area contributed by atoms with Crippen LogP contribution < -0.4 is 21.1 Å². The average Bonchev–Trinajstić information content (AvgIpc) is 2.71. The minimum absolute atomic E-state index is 0.0652. The van der Waals surface area contributed by atoms with Gasteiger partial charge in [0.15, 0.2) is 0 Å². The summed E-state index contributed by atoms with van der Waals surface area (Å²) in [5, 5.41) is 5.72. The Bertz CT molecular complexity index is 834. The number of para-hydroxylation sites is 2. The van der Waals surface area contributed by atoms with Crippen LogP contribution in [-0.2, 0) is 16.0 Å². The van der Waals surface area contributed by atoms with Crippen molar-refractivity contribution in [2.24, 2.45) is 11.7 Å². The van der Waals surface area contributed by atoms with Crippen LogP contribution in [0.25, 0.3) is 0 Å².